The molecule has 0 saturated heterocycles. The number of nitrogen functional groups attached to an aromatic ring is 1. The Labute approximate surface area is 166 Å². The second-order valence-corrected chi connectivity index (χ2v) is 6.64. The molecule has 10 heteroatoms. The molecule has 0 unspecified atom stereocenters. The molecule has 29 heavy (non-hydrogen) atoms. The summed E-state index contributed by atoms with van der Waals surface area (Å²) >= 11 is 0. The van der Waals surface area contributed by atoms with Gasteiger partial charge >= 0.3 is 5.97 Å². The summed E-state index contributed by atoms with van der Waals surface area (Å²) in [5.74, 6) is -1.21. The highest BCUT2D eigenvalue weighted by Gasteiger charge is 2.15. The lowest BCUT2D eigenvalue weighted by Gasteiger charge is -2.10. The number of aryl methyl sites for hydroxylation is 3. The van der Waals surface area contributed by atoms with Crippen molar-refractivity contribution in [3.8, 4) is 0 Å². The molecule has 2 heterocycles. The number of hydrogen-bond acceptors (Lipinski definition) is 7. The number of benzene rings is 1. The molecular weight excluding hydrogens is 379 g/mol. The summed E-state index contributed by atoms with van der Waals surface area (Å²) in [6, 6.07) is 4.43. The highest BCUT2D eigenvalue weighted by molar-refractivity contribution is 5.92. The minimum atomic E-state index is -0.616. The second kappa shape index (κ2) is 8.21. The van der Waals surface area contributed by atoms with E-state index >= 15 is 0 Å². The van der Waals surface area contributed by atoms with Crippen molar-refractivity contribution >= 4 is 29.3 Å². The van der Waals surface area contributed by atoms with Crippen LogP contribution in [-0.2, 0) is 20.7 Å². The molecule has 0 aliphatic rings. The highest BCUT2D eigenvalue weighted by atomic mass is 19.1. The number of fused-ring (bicyclic) bond motifs is 1. The number of carbonyl (C=O) groups is 2. The van der Waals surface area contributed by atoms with Crippen molar-refractivity contribution in [2.45, 2.75) is 33.6 Å². The predicted octanol–water partition coefficient (Wildman–Crippen LogP) is 1.89. The minimum Gasteiger partial charge on any atom is -0.456 e. The largest absolute Gasteiger partial charge is 0.456 e. The summed E-state index contributed by atoms with van der Waals surface area (Å²) in [7, 11) is 0. The van der Waals surface area contributed by atoms with Crippen LogP contribution in [0.15, 0.2) is 18.2 Å². The maximum Gasteiger partial charge on any atom is 0.306 e. The molecule has 0 aliphatic heterocycles. The van der Waals surface area contributed by atoms with Crippen molar-refractivity contribution in [2.24, 2.45) is 0 Å². The van der Waals surface area contributed by atoms with Crippen LogP contribution in [0, 0.1) is 26.6 Å². The number of rotatable bonds is 6. The normalized spacial score (nSPS) is 10.9. The lowest BCUT2D eigenvalue weighted by atomic mass is 10.1. The zero-order valence-corrected chi connectivity index (χ0v) is 16.3. The maximum atomic E-state index is 13.8. The number of amides is 1. The molecule has 152 valence electrons. The molecule has 3 rings (SSSR count). The highest BCUT2D eigenvalue weighted by Crippen LogP contribution is 2.17. The zero-order valence-electron chi connectivity index (χ0n) is 16.3. The number of halogens is 1. The zero-order chi connectivity index (χ0) is 21.1. The number of ether oxygens (including phenoxy) is 1. The number of aromatic nitrogens is 4. The number of nitrogens with one attached hydrogen (secondary N) is 1. The van der Waals surface area contributed by atoms with Crippen LogP contribution in [0.3, 0.4) is 0 Å². The van der Waals surface area contributed by atoms with Crippen LogP contribution in [0.25, 0.3) is 5.78 Å². The van der Waals surface area contributed by atoms with Gasteiger partial charge in [0.05, 0.1) is 5.69 Å². The standard InChI is InChI=1S/C19H21FN6O3/c1-10-4-6-15(14(20)8-10)23-16(27)9-29-17(28)7-5-13-11(2)22-19-24-18(21)25-26(19)12(13)3/h4,6,8H,5,7,9H2,1-3H3,(H2,21,25)(H,23,27). The molecule has 3 N–H and O–H groups in total. The smallest absolute Gasteiger partial charge is 0.306 e. The Balaban J connectivity index is 1.55. The van der Waals surface area contributed by atoms with E-state index < -0.39 is 24.3 Å². The molecular formula is C19H21FN6O3. The number of anilines is 2. The van der Waals surface area contributed by atoms with Gasteiger partial charge in [0.25, 0.3) is 11.7 Å². The van der Waals surface area contributed by atoms with Gasteiger partial charge in [0, 0.05) is 17.8 Å². The van der Waals surface area contributed by atoms with E-state index in [0.717, 1.165) is 16.8 Å². The molecule has 0 bridgehead atoms. The third kappa shape index (κ3) is 4.65. The van der Waals surface area contributed by atoms with Gasteiger partial charge in [0.1, 0.15) is 5.82 Å². The average Bonchev–Trinajstić information content (AvgIpc) is 3.02. The molecule has 0 spiro atoms. The van der Waals surface area contributed by atoms with E-state index in [2.05, 4.69) is 20.4 Å². The van der Waals surface area contributed by atoms with Gasteiger partial charge in [-0.1, -0.05) is 6.07 Å². The van der Waals surface area contributed by atoms with Gasteiger partial charge < -0.3 is 15.8 Å². The van der Waals surface area contributed by atoms with Crippen molar-refractivity contribution < 1.29 is 18.7 Å². The summed E-state index contributed by atoms with van der Waals surface area (Å²) in [5.41, 5.74) is 8.69. The molecule has 9 nitrogen and oxygen atoms in total. The molecule has 0 aliphatic carbocycles. The van der Waals surface area contributed by atoms with E-state index in [4.69, 9.17) is 10.5 Å². The molecule has 1 amide bonds. The van der Waals surface area contributed by atoms with Crippen molar-refractivity contribution in [2.75, 3.05) is 17.7 Å². The topological polar surface area (TPSA) is 124 Å². The third-order valence-electron chi connectivity index (χ3n) is 4.41. The summed E-state index contributed by atoms with van der Waals surface area (Å²) in [4.78, 5) is 32.3. The molecule has 0 saturated carbocycles. The minimum absolute atomic E-state index is 0.0365. The fourth-order valence-corrected chi connectivity index (χ4v) is 2.94. The molecule has 0 atom stereocenters. The van der Waals surface area contributed by atoms with E-state index in [1.807, 2.05) is 13.8 Å². The fourth-order valence-electron chi connectivity index (χ4n) is 2.94. The van der Waals surface area contributed by atoms with E-state index in [-0.39, 0.29) is 18.1 Å². The third-order valence-corrected chi connectivity index (χ3v) is 4.41. The average molecular weight is 400 g/mol. The lowest BCUT2D eigenvalue weighted by Crippen LogP contribution is -2.21. The first kappa shape index (κ1) is 20.2. The first-order valence-electron chi connectivity index (χ1n) is 8.94. The number of esters is 1. The van der Waals surface area contributed by atoms with Gasteiger partial charge in [0.2, 0.25) is 5.95 Å². The van der Waals surface area contributed by atoms with Crippen LogP contribution in [0.5, 0.6) is 0 Å². The van der Waals surface area contributed by atoms with Gasteiger partial charge in [-0.25, -0.2) is 9.37 Å². The monoisotopic (exact) mass is 400 g/mol. The van der Waals surface area contributed by atoms with Crippen LogP contribution in [0.2, 0.25) is 0 Å². The van der Waals surface area contributed by atoms with Gasteiger partial charge in [-0.05, 0) is 50.5 Å². The van der Waals surface area contributed by atoms with Crippen LogP contribution in [-0.4, -0.2) is 38.1 Å². The Hall–Kier alpha value is -3.56. The number of nitrogens with zero attached hydrogens (tertiary/aromatic N) is 4. The Morgan fingerprint density at radius 1 is 1.24 bits per heavy atom. The Kier molecular flexibility index (Phi) is 5.71. The van der Waals surface area contributed by atoms with Gasteiger partial charge in [-0.15, -0.1) is 5.10 Å². The fraction of sp³-hybridized carbons (Fsp3) is 0.316. The Morgan fingerprint density at radius 3 is 2.72 bits per heavy atom. The Morgan fingerprint density at radius 2 is 2.00 bits per heavy atom. The van der Waals surface area contributed by atoms with E-state index in [9.17, 15) is 14.0 Å². The molecule has 1 aromatic carbocycles. The van der Waals surface area contributed by atoms with E-state index in [0.29, 0.717) is 17.9 Å². The quantitative estimate of drug-likeness (QED) is 0.605. The molecule has 3 aromatic rings. The molecule has 2 aromatic heterocycles. The Bertz CT molecular complexity index is 1100. The van der Waals surface area contributed by atoms with Gasteiger partial charge in [-0.3, -0.25) is 9.59 Å². The van der Waals surface area contributed by atoms with Crippen molar-refractivity contribution in [1.29, 1.82) is 0 Å². The van der Waals surface area contributed by atoms with E-state index in [1.165, 1.54) is 16.6 Å². The summed E-state index contributed by atoms with van der Waals surface area (Å²) in [6.07, 6.45) is 0.401. The molecule has 0 radical (unpaired) electrons. The van der Waals surface area contributed by atoms with Crippen LogP contribution in [0.4, 0.5) is 16.0 Å². The summed E-state index contributed by atoms with van der Waals surface area (Å²) in [6.45, 7) is 4.88. The van der Waals surface area contributed by atoms with Crippen molar-refractivity contribution in [3.63, 3.8) is 0 Å². The summed E-state index contributed by atoms with van der Waals surface area (Å²) < 4.78 is 20.3. The van der Waals surface area contributed by atoms with Crippen molar-refractivity contribution in [3.05, 3.63) is 46.5 Å². The SMILES string of the molecule is Cc1ccc(NC(=O)COC(=O)CCc2c(C)nc3nc(N)nn3c2C)c(F)c1. The molecule has 0 fully saturated rings. The number of hydrogen-bond donors (Lipinski definition) is 2. The number of carbonyl (C=O) groups excluding carboxylic acids is 2. The maximum absolute atomic E-state index is 13.8. The second-order valence-electron chi connectivity index (χ2n) is 6.64. The van der Waals surface area contributed by atoms with Crippen LogP contribution >= 0.6 is 0 Å². The van der Waals surface area contributed by atoms with Gasteiger partial charge in [0.15, 0.2) is 6.61 Å². The van der Waals surface area contributed by atoms with Gasteiger partial charge in [-0.2, -0.15) is 9.50 Å². The lowest BCUT2D eigenvalue weighted by molar-refractivity contribution is -0.147. The summed E-state index contributed by atoms with van der Waals surface area (Å²) in [5, 5.41) is 6.45. The van der Waals surface area contributed by atoms with Crippen LogP contribution < -0.4 is 11.1 Å². The number of nitrogens with two attached hydrogens (primary N) is 1. The predicted molar refractivity (Wildman–Crippen MR) is 104 cm³/mol. The van der Waals surface area contributed by atoms with E-state index in [1.54, 1.807) is 13.0 Å². The first-order valence-corrected chi connectivity index (χ1v) is 8.94. The first-order chi connectivity index (χ1) is 13.7. The van der Waals surface area contributed by atoms with Crippen LogP contribution in [0.1, 0.15) is 28.9 Å². The van der Waals surface area contributed by atoms with Crippen molar-refractivity contribution in [1.82, 2.24) is 19.6 Å².